The lowest BCUT2D eigenvalue weighted by atomic mass is 10.1. The van der Waals surface area contributed by atoms with Crippen LogP contribution in [0.25, 0.3) is 0 Å². The fraction of sp³-hybridized carbons (Fsp3) is 0.438. The third-order valence-corrected chi connectivity index (χ3v) is 4.53. The first-order chi connectivity index (χ1) is 9.58. The second-order valence-corrected chi connectivity index (χ2v) is 5.66. The molecule has 0 amide bonds. The normalized spacial score (nSPS) is 10.8. The first-order valence-corrected chi connectivity index (χ1v) is 7.80. The summed E-state index contributed by atoms with van der Waals surface area (Å²) in [5.74, 6) is 0.943. The second-order valence-electron chi connectivity index (χ2n) is 4.86. The van der Waals surface area contributed by atoms with Gasteiger partial charge in [-0.3, -0.25) is 4.68 Å². The molecule has 0 aliphatic carbocycles. The highest BCUT2D eigenvalue weighted by Gasteiger charge is 2.14. The summed E-state index contributed by atoms with van der Waals surface area (Å²) in [6.45, 7) is 9.79. The van der Waals surface area contributed by atoms with Crippen LogP contribution in [0.2, 0.25) is 0 Å². The van der Waals surface area contributed by atoms with Crippen LogP contribution >= 0.6 is 15.9 Å². The summed E-state index contributed by atoms with van der Waals surface area (Å²) in [5.41, 5.74) is 4.64. The number of ether oxygens (including phenoxy) is 1. The van der Waals surface area contributed by atoms with Gasteiger partial charge in [0.15, 0.2) is 0 Å². The predicted octanol–water partition coefficient (Wildman–Crippen LogP) is 4.42. The standard InChI is InChI=1S/C16H21BrN2O/c1-5-13-16(17)14(19(6-2)18-13)10-20-15-9-7-8-11(3)12(15)4/h7-9H,5-6,10H2,1-4H3. The minimum absolute atomic E-state index is 0.533. The lowest BCUT2D eigenvalue weighted by Gasteiger charge is -2.12. The van der Waals surface area contributed by atoms with Crippen molar-refractivity contribution in [1.82, 2.24) is 9.78 Å². The molecule has 0 saturated heterocycles. The van der Waals surface area contributed by atoms with Crippen molar-refractivity contribution in [3.05, 3.63) is 45.2 Å². The van der Waals surface area contributed by atoms with Crippen LogP contribution in [0.4, 0.5) is 0 Å². The van der Waals surface area contributed by atoms with Crippen LogP contribution in [0.15, 0.2) is 22.7 Å². The summed E-state index contributed by atoms with van der Waals surface area (Å²) in [6.07, 6.45) is 0.921. The Morgan fingerprint density at radius 3 is 2.65 bits per heavy atom. The van der Waals surface area contributed by atoms with Gasteiger partial charge >= 0.3 is 0 Å². The molecule has 3 nitrogen and oxygen atoms in total. The lowest BCUT2D eigenvalue weighted by Crippen LogP contribution is -2.07. The van der Waals surface area contributed by atoms with E-state index in [-0.39, 0.29) is 0 Å². The van der Waals surface area contributed by atoms with Crippen LogP contribution in [-0.4, -0.2) is 9.78 Å². The molecule has 0 fully saturated rings. The molecule has 4 heteroatoms. The van der Waals surface area contributed by atoms with E-state index in [9.17, 15) is 0 Å². The van der Waals surface area contributed by atoms with E-state index in [2.05, 4.69) is 54.8 Å². The Kier molecular flexibility index (Phi) is 4.86. The van der Waals surface area contributed by atoms with E-state index in [1.807, 2.05) is 16.8 Å². The van der Waals surface area contributed by atoms with Gasteiger partial charge in [0.1, 0.15) is 12.4 Å². The molecule has 108 valence electrons. The maximum Gasteiger partial charge on any atom is 0.131 e. The highest BCUT2D eigenvalue weighted by Crippen LogP contribution is 2.26. The predicted molar refractivity (Wildman–Crippen MR) is 85.2 cm³/mol. The van der Waals surface area contributed by atoms with Crippen molar-refractivity contribution in [2.24, 2.45) is 0 Å². The van der Waals surface area contributed by atoms with Gasteiger partial charge in [0.2, 0.25) is 0 Å². The van der Waals surface area contributed by atoms with Gasteiger partial charge in [0.25, 0.3) is 0 Å². The van der Waals surface area contributed by atoms with Gasteiger partial charge in [-0.1, -0.05) is 19.1 Å². The van der Waals surface area contributed by atoms with E-state index >= 15 is 0 Å². The molecule has 0 saturated carbocycles. The fourth-order valence-electron chi connectivity index (χ4n) is 2.18. The van der Waals surface area contributed by atoms with Crippen molar-refractivity contribution in [3.63, 3.8) is 0 Å². The summed E-state index contributed by atoms with van der Waals surface area (Å²) in [7, 11) is 0. The lowest BCUT2D eigenvalue weighted by molar-refractivity contribution is 0.289. The topological polar surface area (TPSA) is 27.1 Å². The number of rotatable bonds is 5. The van der Waals surface area contributed by atoms with Crippen LogP contribution in [0, 0.1) is 13.8 Å². The summed E-state index contributed by atoms with van der Waals surface area (Å²) in [4.78, 5) is 0. The zero-order valence-electron chi connectivity index (χ0n) is 12.5. The minimum Gasteiger partial charge on any atom is -0.487 e. The van der Waals surface area contributed by atoms with Crippen LogP contribution in [0.1, 0.15) is 36.4 Å². The van der Waals surface area contributed by atoms with Crippen molar-refractivity contribution >= 4 is 15.9 Å². The molecule has 2 rings (SSSR count). The molecule has 1 aromatic heterocycles. The van der Waals surface area contributed by atoms with Gasteiger partial charge in [0.05, 0.1) is 15.9 Å². The Balaban J connectivity index is 2.22. The van der Waals surface area contributed by atoms with Crippen LogP contribution in [-0.2, 0) is 19.6 Å². The van der Waals surface area contributed by atoms with E-state index in [0.717, 1.165) is 34.6 Å². The highest BCUT2D eigenvalue weighted by molar-refractivity contribution is 9.10. The molecule has 0 bridgehead atoms. The number of nitrogens with zero attached hydrogens (tertiary/aromatic N) is 2. The van der Waals surface area contributed by atoms with E-state index in [1.165, 1.54) is 11.1 Å². The SMILES string of the molecule is CCc1nn(CC)c(COc2cccc(C)c2C)c1Br. The molecule has 0 aliphatic heterocycles. The summed E-state index contributed by atoms with van der Waals surface area (Å²) < 4.78 is 9.08. The summed E-state index contributed by atoms with van der Waals surface area (Å²) >= 11 is 3.65. The summed E-state index contributed by atoms with van der Waals surface area (Å²) in [5, 5.41) is 4.59. The number of aromatic nitrogens is 2. The Morgan fingerprint density at radius 2 is 2.00 bits per heavy atom. The largest absolute Gasteiger partial charge is 0.487 e. The van der Waals surface area contributed by atoms with Crippen molar-refractivity contribution in [1.29, 1.82) is 0 Å². The Hall–Kier alpha value is -1.29. The molecule has 0 radical (unpaired) electrons. The van der Waals surface area contributed by atoms with Crippen LogP contribution < -0.4 is 4.74 Å². The van der Waals surface area contributed by atoms with Crippen molar-refractivity contribution in [3.8, 4) is 5.75 Å². The molecule has 0 atom stereocenters. The van der Waals surface area contributed by atoms with E-state index in [1.54, 1.807) is 0 Å². The molecule has 0 N–H and O–H groups in total. The Labute approximate surface area is 129 Å². The van der Waals surface area contributed by atoms with E-state index in [4.69, 9.17) is 4.74 Å². The Bertz CT molecular complexity index is 605. The highest BCUT2D eigenvalue weighted by atomic mass is 79.9. The number of aryl methyl sites for hydroxylation is 3. The van der Waals surface area contributed by atoms with Gasteiger partial charge in [-0.05, 0) is 60.3 Å². The summed E-state index contributed by atoms with van der Waals surface area (Å²) in [6, 6.07) is 6.15. The molecule has 0 spiro atoms. The van der Waals surface area contributed by atoms with Gasteiger partial charge < -0.3 is 4.74 Å². The number of halogens is 1. The van der Waals surface area contributed by atoms with Crippen molar-refractivity contribution in [2.45, 2.75) is 47.3 Å². The fourth-order valence-corrected chi connectivity index (χ4v) is 2.86. The monoisotopic (exact) mass is 336 g/mol. The number of benzene rings is 1. The average Bonchev–Trinajstić information content (AvgIpc) is 2.76. The molecule has 2 aromatic rings. The van der Waals surface area contributed by atoms with E-state index in [0.29, 0.717) is 6.61 Å². The molecule has 0 unspecified atom stereocenters. The minimum atomic E-state index is 0.533. The van der Waals surface area contributed by atoms with Crippen LogP contribution in [0.5, 0.6) is 5.75 Å². The molecule has 0 aliphatic rings. The quantitative estimate of drug-likeness (QED) is 0.807. The molecule has 1 aromatic carbocycles. The molecular formula is C16H21BrN2O. The third-order valence-electron chi connectivity index (χ3n) is 3.61. The van der Waals surface area contributed by atoms with Gasteiger partial charge in [0, 0.05) is 6.54 Å². The van der Waals surface area contributed by atoms with Gasteiger partial charge in [-0.2, -0.15) is 5.10 Å². The average molecular weight is 337 g/mol. The van der Waals surface area contributed by atoms with Crippen molar-refractivity contribution in [2.75, 3.05) is 0 Å². The van der Waals surface area contributed by atoms with Gasteiger partial charge in [-0.25, -0.2) is 0 Å². The maximum atomic E-state index is 5.99. The second kappa shape index (κ2) is 6.44. The smallest absolute Gasteiger partial charge is 0.131 e. The van der Waals surface area contributed by atoms with E-state index < -0.39 is 0 Å². The third kappa shape index (κ3) is 2.90. The molecule has 1 heterocycles. The van der Waals surface area contributed by atoms with Crippen molar-refractivity contribution < 1.29 is 4.74 Å². The Morgan fingerprint density at radius 1 is 1.25 bits per heavy atom. The van der Waals surface area contributed by atoms with Gasteiger partial charge in [-0.15, -0.1) is 0 Å². The zero-order valence-corrected chi connectivity index (χ0v) is 14.1. The maximum absolute atomic E-state index is 5.99. The first kappa shape index (κ1) is 15.1. The van der Waals surface area contributed by atoms with Crippen LogP contribution in [0.3, 0.4) is 0 Å². The number of hydrogen-bond donors (Lipinski definition) is 0. The first-order valence-electron chi connectivity index (χ1n) is 7.01. The molecule has 20 heavy (non-hydrogen) atoms. The zero-order chi connectivity index (χ0) is 14.7. The molecular weight excluding hydrogens is 316 g/mol. The number of hydrogen-bond acceptors (Lipinski definition) is 2.